The summed E-state index contributed by atoms with van der Waals surface area (Å²) in [7, 11) is 8.15. The van der Waals surface area contributed by atoms with E-state index in [1.54, 1.807) is 35.5 Å². The van der Waals surface area contributed by atoms with Gasteiger partial charge >= 0.3 is 0 Å². The number of nitrogens with zero attached hydrogens (tertiary/aromatic N) is 1. The molecule has 2 rings (SSSR count). The first-order chi connectivity index (χ1) is 15.1. The van der Waals surface area contributed by atoms with Crippen molar-refractivity contribution in [3.63, 3.8) is 0 Å². The SMILES string of the molecule is CCCOc1ccc(CNC(=NC)NCc2cc(OC)c(OC)c(OC)c2)cc1OC.I. The van der Waals surface area contributed by atoms with Crippen molar-refractivity contribution < 1.29 is 23.7 Å². The van der Waals surface area contributed by atoms with E-state index in [1.165, 1.54) is 0 Å². The lowest BCUT2D eigenvalue weighted by Crippen LogP contribution is -2.36. The van der Waals surface area contributed by atoms with Crippen LogP contribution < -0.4 is 34.3 Å². The van der Waals surface area contributed by atoms with Crippen LogP contribution in [0, 0.1) is 0 Å². The molecule has 0 spiro atoms. The third-order valence-electron chi connectivity index (χ3n) is 4.56. The van der Waals surface area contributed by atoms with Gasteiger partial charge in [-0.3, -0.25) is 4.99 Å². The van der Waals surface area contributed by atoms with Crippen LogP contribution in [0.2, 0.25) is 0 Å². The smallest absolute Gasteiger partial charge is 0.203 e. The second kappa shape index (κ2) is 14.5. The van der Waals surface area contributed by atoms with Crippen molar-refractivity contribution in [2.24, 2.45) is 4.99 Å². The number of methoxy groups -OCH3 is 4. The molecule has 2 aromatic carbocycles. The summed E-state index contributed by atoms with van der Waals surface area (Å²) in [5.74, 6) is 3.92. The molecule has 32 heavy (non-hydrogen) atoms. The number of guanidine groups is 1. The maximum atomic E-state index is 5.71. The molecule has 0 saturated carbocycles. The third kappa shape index (κ3) is 7.54. The zero-order chi connectivity index (χ0) is 22.6. The fraction of sp³-hybridized carbons (Fsp3) is 0.435. The van der Waals surface area contributed by atoms with Crippen molar-refractivity contribution in [3.8, 4) is 28.7 Å². The zero-order valence-corrected chi connectivity index (χ0v) is 21.9. The van der Waals surface area contributed by atoms with E-state index >= 15 is 0 Å². The third-order valence-corrected chi connectivity index (χ3v) is 4.56. The van der Waals surface area contributed by atoms with Crippen molar-refractivity contribution >= 4 is 29.9 Å². The highest BCUT2D eigenvalue weighted by molar-refractivity contribution is 14.0. The fourth-order valence-corrected chi connectivity index (χ4v) is 2.98. The molecule has 0 aliphatic rings. The normalized spacial score (nSPS) is 10.6. The topological polar surface area (TPSA) is 82.6 Å². The van der Waals surface area contributed by atoms with Crippen LogP contribution in [0.25, 0.3) is 0 Å². The quantitative estimate of drug-likeness (QED) is 0.245. The van der Waals surface area contributed by atoms with E-state index in [-0.39, 0.29) is 24.0 Å². The Morgan fingerprint density at radius 1 is 0.781 bits per heavy atom. The van der Waals surface area contributed by atoms with Crippen molar-refractivity contribution in [1.82, 2.24) is 10.6 Å². The molecule has 0 unspecified atom stereocenters. The second-order valence-corrected chi connectivity index (χ2v) is 6.65. The number of halogens is 1. The molecular formula is C23H34IN3O5. The summed E-state index contributed by atoms with van der Waals surface area (Å²) in [4.78, 5) is 4.29. The molecule has 0 heterocycles. The van der Waals surface area contributed by atoms with Gasteiger partial charge in [0.15, 0.2) is 29.0 Å². The van der Waals surface area contributed by atoms with E-state index in [0.29, 0.717) is 48.7 Å². The molecule has 2 aromatic rings. The highest BCUT2D eigenvalue weighted by Gasteiger charge is 2.13. The van der Waals surface area contributed by atoms with Crippen LogP contribution in [0.3, 0.4) is 0 Å². The van der Waals surface area contributed by atoms with Gasteiger partial charge in [-0.05, 0) is 41.8 Å². The highest BCUT2D eigenvalue weighted by atomic mass is 127. The number of benzene rings is 2. The molecule has 9 heteroatoms. The maximum absolute atomic E-state index is 5.71. The average Bonchev–Trinajstić information content (AvgIpc) is 2.82. The number of ether oxygens (including phenoxy) is 5. The second-order valence-electron chi connectivity index (χ2n) is 6.65. The van der Waals surface area contributed by atoms with E-state index in [2.05, 4.69) is 22.5 Å². The standard InChI is InChI=1S/C23H33N3O5.HI/c1-7-10-31-18-9-8-16(11-19(18)27-3)14-25-23(24-2)26-15-17-12-20(28-4)22(30-6)21(13-17)29-5;/h8-9,11-13H,7,10,14-15H2,1-6H3,(H2,24,25,26);1H. The summed E-state index contributed by atoms with van der Waals surface area (Å²) in [6.07, 6.45) is 0.945. The van der Waals surface area contributed by atoms with Gasteiger partial charge in [0.05, 0.1) is 35.0 Å². The average molecular weight is 559 g/mol. The van der Waals surface area contributed by atoms with E-state index in [4.69, 9.17) is 23.7 Å². The molecule has 0 fully saturated rings. The van der Waals surface area contributed by atoms with Gasteiger partial charge in [0.25, 0.3) is 0 Å². The predicted molar refractivity (Wildman–Crippen MR) is 137 cm³/mol. The Labute approximate surface area is 207 Å². The number of hydrogen-bond donors (Lipinski definition) is 2. The zero-order valence-electron chi connectivity index (χ0n) is 19.6. The molecule has 8 nitrogen and oxygen atoms in total. The molecule has 0 aromatic heterocycles. The van der Waals surface area contributed by atoms with Crippen molar-refractivity contribution in [2.45, 2.75) is 26.4 Å². The minimum Gasteiger partial charge on any atom is -0.493 e. The van der Waals surface area contributed by atoms with E-state index in [9.17, 15) is 0 Å². The Balaban J connectivity index is 0.00000512. The Morgan fingerprint density at radius 3 is 1.84 bits per heavy atom. The lowest BCUT2D eigenvalue weighted by molar-refractivity contribution is 0.294. The van der Waals surface area contributed by atoms with Crippen LogP contribution >= 0.6 is 24.0 Å². The number of rotatable bonds is 11. The monoisotopic (exact) mass is 559 g/mol. The van der Waals surface area contributed by atoms with Crippen molar-refractivity contribution in [2.75, 3.05) is 42.1 Å². The van der Waals surface area contributed by atoms with Crippen LogP contribution in [-0.2, 0) is 13.1 Å². The highest BCUT2D eigenvalue weighted by Crippen LogP contribution is 2.38. The van der Waals surface area contributed by atoms with Crippen molar-refractivity contribution in [1.29, 1.82) is 0 Å². The molecule has 0 saturated heterocycles. The summed E-state index contributed by atoms with van der Waals surface area (Å²) < 4.78 is 27.4. The molecule has 0 radical (unpaired) electrons. The molecule has 2 N–H and O–H groups in total. The molecule has 0 amide bonds. The number of aliphatic imine (C=N–C) groups is 1. The van der Waals surface area contributed by atoms with Crippen LogP contribution in [0.15, 0.2) is 35.3 Å². The summed E-state index contributed by atoms with van der Waals surface area (Å²) in [6, 6.07) is 9.71. The number of hydrogen-bond acceptors (Lipinski definition) is 6. The lowest BCUT2D eigenvalue weighted by Gasteiger charge is -2.16. The Bertz CT molecular complexity index is 852. The minimum atomic E-state index is 0. The summed E-state index contributed by atoms with van der Waals surface area (Å²) >= 11 is 0. The van der Waals surface area contributed by atoms with E-state index in [1.807, 2.05) is 30.3 Å². The molecule has 178 valence electrons. The molecular weight excluding hydrogens is 525 g/mol. The molecule has 0 atom stereocenters. The Morgan fingerprint density at radius 2 is 1.34 bits per heavy atom. The van der Waals surface area contributed by atoms with Gasteiger partial charge in [0, 0.05) is 20.1 Å². The minimum absolute atomic E-state index is 0. The number of nitrogens with one attached hydrogen (secondary N) is 2. The summed E-state index contributed by atoms with van der Waals surface area (Å²) in [6.45, 7) is 3.84. The first kappa shape index (κ1) is 27.5. The summed E-state index contributed by atoms with van der Waals surface area (Å²) in [5, 5.41) is 6.60. The van der Waals surface area contributed by atoms with Gasteiger partial charge in [-0.15, -0.1) is 24.0 Å². The van der Waals surface area contributed by atoms with Gasteiger partial charge in [-0.25, -0.2) is 0 Å². The van der Waals surface area contributed by atoms with Crippen LogP contribution in [-0.4, -0.2) is 48.1 Å². The first-order valence-corrected chi connectivity index (χ1v) is 10.1. The summed E-state index contributed by atoms with van der Waals surface area (Å²) in [5.41, 5.74) is 2.02. The van der Waals surface area contributed by atoms with Gasteiger partial charge in [0.2, 0.25) is 5.75 Å². The van der Waals surface area contributed by atoms with Crippen LogP contribution in [0.5, 0.6) is 28.7 Å². The maximum Gasteiger partial charge on any atom is 0.203 e. The lowest BCUT2D eigenvalue weighted by atomic mass is 10.1. The van der Waals surface area contributed by atoms with Gasteiger partial charge in [0.1, 0.15) is 0 Å². The molecule has 0 aliphatic carbocycles. The van der Waals surface area contributed by atoms with Crippen molar-refractivity contribution in [3.05, 3.63) is 41.5 Å². The molecule has 0 bridgehead atoms. The van der Waals surface area contributed by atoms with Gasteiger partial charge < -0.3 is 34.3 Å². The fourth-order valence-electron chi connectivity index (χ4n) is 2.98. The van der Waals surface area contributed by atoms with Gasteiger partial charge in [-0.2, -0.15) is 0 Å². The largest absolute Gasteiger partial charge is 0.493 e. The van der Waals surface area contributed by atoms with Crippen LogP contribution in [0.1, 0.15) is 24.5 Å². The Kier molecular flexibility index (Phi) is 12.4. The predicted octanol–water partition coefficient (Wildman–Crippen LogP) is 3.99. The molecule has 0 aliphatic heterocycles. The Hall–Kier alpha value is -2.56. The van der Waals surface area contributed by atoms with E-state index in [0.717, 1.165) is 23.3 Å². The van der Waals surface area contributed by atoms with Crippen LogP contribution in [0.4, 0.5) is 0 Å². The van der Waals surface area contributed by atoms with E-state index < -0.39 is 0 Å². The van der Waals surface area contributed by atoms with Gasteiger partial charge in [-0.1, -0.05) is 13.0 Å². The first-order valence-electron chi connectivity index (χ1n) is 10.1.